The van der Waals surface area contributed by atoms with Gasteiger partial charge in [-0.25, -0.2) is 4.79 Å². The highest BCUT2D eigenvalue weighted by Crippen LogP contribution is 2.20. The molecule has 0 radical (unpaired) electrons. The van der Waals surface area contributed by atoms with Gasteiger partial charge in [-0.15, -0.1) is 0 Å². The van der Waals surface area contributed by atoms with Crippen molar-refractivity contribution in [3.63, 3.8) is 0 Å². The van der Waals surface area contributed by atoms with Gasteiger partial charge in [0, 0.05) is 25.4 Å². The molecular formula is C19H22N4O2. The molecule has 1 heterocycles. The molecule has 3 N–H and O–H groups in total. The lowest BCUT2D eigenvalue weighted by molar-refractivity contribution is 0.172. The van der Waals surface area contributed by atoms with Crippen molar-refractivity contribution < 1.29 is 9.90 Å². The average Bonchev–Trinajstić information content (AvgIpc) is 3.06. The molecule has 3 aromatic rings. The first-order valence-electron chi connectivity index (χ1n) is 8.22. The first kappa shape index (κ1) is 17.0. The standard InChI is InChI=1S/C19H22N4O2/c1-13(17-10-21-23(2)12-17)22-19(25)20-11-18(24)16-8-7-14-5-3-4-6-15(14)9-16/h3-10,12-13,18,24H,11H2,1-2H3,(H2,20,22,25). The largest absolute Gasteiger partial charge is 0.387 e. The van der Waals surface area contributed by atoms with E-state index in [1.165, 1.54) is 0 Å². The van der Waals surface area contributed by atoms with Gasteiger partial charge in [0.05, 0.1) is 18.3 Å². The van der Waals surface area contributed by atoms with E-state index in [-0.39, 0.29) is 18.6 Å². The van der Waals surface area contributed by atoms with Crippen LogP contribution in [0.5, 0.6) is 0 Å². The number of aliphatic hydroxyl groups is 1. The Balaban J connectivity index is 1.55. The summed E-state index contributed by atoms with van der Waals surface area (Å²) in [5.74, 6) is 0. The van der Waals surface area contributed by atoms with Crippen LogP contribution in [0.3, 0.4) is 0 Å². The van der Waals surface area contributed by atoms with Crippen LogP contribution in [0.1, 0.15) is 30.2 Å². The van der Waals surface area contributed by atoms with E-state index >= 15 is 0 Å². The Bertz CT molecular complexity index is 874. The number of hydrogen-bond acceptors (Lipinski definition) is 3. The average molecular weight is 338 g/mol. The van der Waals surface area contributed by atoms with E-state index in [9.17, 15) is 9.90 Å². The zero-order chi connectivity index (χ0) is 17.8. The topological polar surface area (TPSA) is 79.2 Å². The minimum atomic E-state index is -0.760. The first-order valence-corrected chi connectivity index (χ1v) is 8.22. The number of aromatic nitrogens is 2. The maximum atomic E-state index is 12.0. The molecule has 3 rings (SSSR count). The van der Waals surface area contributed by atoms with Crippen LogP contribution in [-0.2, 0) is 7.05 Å². The van der Waals surface area contributed by atoms with Crippen LogP contribution in [0.2, 0.25) is 0 Å². The number of fused-ring (bicyclic) bond motifs is 1. The molecule has 0 aliphatic rings. The molecule has 0 bridgehead atoms. The van der Waals surface area contributed by atoms with Gasteiger partial charge in [-0.05, 0) is 29.3 Å². The lowest BCUT2D eigenvalue weighted by Crippen LogP contribution is -2.39. The maximum Gasteiger partial charge on any atom is 0.315 e. The number of urea groups is 1. The molecular weight excluding hydrogens is 316 g/mol. The maximum absolute atomic E-state index is 12.0. The number of carbonyl (C=O) groups excluding carboxylic acids is 1. The van der Waals surface area contributed by atoms with Crippen LogP contribution in [0.4, 0.5) is 4.79 Å². The number of rotatable bonds is 5. The van der Waals surface area contributed by atoms with Crippen molar-refractivity contribution in [2.45, 2.75) is 19.1 Å². The number of carbonyl (C=O) groups is 1. The molecule has 6 heteroatoms. The van der Waals surface area contributed by atoms with Gasteiger partial charge in [-0.2, -0.15) is 5.10 Å². The summed E-state index contributed by atoms with van der Waals surface area (Å²) in [5.41, 5.74) is 1.70. The molecule has 0 aliphatic carbocycles. The molecule has 0 aliphatic heterocycles. The van der Waals surface area contributed by atoms with Gasteiger partial charge in [0.2, 0.25) is 0 Å². The number of nitrogens with zero attached hydrogens (tertiary/aromatic N) is 2. The SMILES string of the molecule is CC(NC(=O)NCC(O)c1ccc2ccccc2c1)c1cnn(C)c1. The van der Waals surface area contributed by atoms with E-state index in [1.807, 2.05) is 62.6 Å². The van der Waals surface area contributed by atoms with E-state index in [0.29, 0.717) is 0 Å². The molecule has 2 amide bonds. The third kappa shape index (κ3) is 4.16. The van der Waals surface area contributed by atoms with Crippen LogP contribution >= 0.6 is 0 Å². The fourth-order valence-electron chi connectivity index (χ4n) is 2.72. The molecule has 130 valence electrons. The zero-order valence-corrected chi connectivity index (χ0v) is 14.3. The minimum Gasteiger partial charge on any atom is -0.387 e. The van der Waals surface area contributed by atoms with Gasteiger partial charge in [0.25, 0.3) is 0 Å². The molecule has 6 nitrogen and oxygen atoms in total. The molecule has 0 saturated heterocycles. The third-order valence-corrected chi connectivity index (χ3v) is 4.19. The van der Waals surface area contributed by atoms with Gasteiger partial charge in [-0.1, -0.05) is 36.4 Å². The minimum absolute atomic E-state index is 0.143. The van der Waals surface area contributed by atoms with Crippen molar-refractivity contribution in [2.24, 2.45) is 7.05 Å². The van der Waals surface area contributed by atoms with Gasteiger partial charge in [0.1, 0.15) is 0 Å². The molecule has 2 atom stereocenters. The number of benzene rings is 2. The molecule has 1 aromatic heterocycles. The second-order valence-electron chi connectivity index (χ2n) is 6.15. The van der Waals surface area contributed by atoms with Gasteiger partial charge in [-0.3, -0.25) is 4.68 Å². The highest BCUT2D eigenvalue weighted by Gasteiger charge is 2.13. The summed E-state index contributed by atoms with van der Waals surface area (Å²) in [6.45, 7) is 2.03. The Morgan fingerprint density at radius 2 is 1.96 bits per heavy atom. The van der Waals surface area contributed by atoms with E-state index in [1.54, 1.807) is 10.9 Å². The fourth-order valence-corrected chi connectivity index (χ4v) is 2.72. The summed E-state index contributed by atoms with van der Waals surface area (Å²) >= 11 is 0. The van der Waals surface area contributed by atoms with E-state index < -0.39 is 6.10 Å². The van der Waals surface area contributed by atoms with Crippen LogP contribution in [-0.4, -0.2) is 27.5 Å². The van der Waals surface area contributed by atoms with Crippen molar-refractivity contribution in [3.05, 3.63) is 66.0 Å². The summed E-state index contributed by atoms with van der Waals surface area (Å²) < 4.78 is 1.69. The third-order valence-electron chi connectivity index (χ3n) is 4.19. The summed E-state index contributed by atoms with van der Waals surface area (Å²) in [5, 5.41) is 22.1. The number of nitrogens with one attached hydrogen (secondary N) is 2. The van der Waals surface area contributed by atoms with Crippen LogP contribution in [0.15, 0.2) is 54.9 Å². The molecule has 2 unspecified atom stereocenters. The number of amides is 2. The lowest BCUT2D eigenvalue weighted by Gasteiger charge is -2.16. The Morgan fingerprint density at radius 1 is 1.20 bits per heavy atom. The van der Waals surface area contributed by atoms with Crippen LogP contribution < -0.4 is 10.6 Å². The Morgan fingerprint density at radius 3 is 2.68 bits per heavy atom. The summed E-state index contributed by atoms with van der Waals surface area (Å²) in [6, 6.07) is 13.3. The predicted octanol–water partition coefficient (Wildman–Crippen LogP) is 2.67. The predicted molar refractivity (Wildman–Crippen MR) is 97.1 cm³/mol. The summed E-state index contributed by atoms with van der Waals surface area (Å²) in [4.78, 5) is 12.0. The lowest BCUT2D eigenvalue weighted by atomic mass is 10.0. The van der Waals surface area contributed by atoms with Crippen molar-refractivity contribution in [2.75, 3.05) is 6.54 Å². The Hall–Kier alpha value is -2.86. The van der Waals surface area contributed by atoms with Crippen molar-refractivity contribution in [1.29, 1.82) is 0 Å². The van der Waals surface area contributed by atoms with Crippen molar-refractivity contribution in [1.82, 2.24) is 20.4 Å². The van der Waals surface area contributed by atoms with E-state index in [2.05, 4.69) is 15.7 Å². The zero-order valence-electron chi connectivity index (χ0n) is 14.3. The normalized spacial score (nSPS) is 13.4. The van der Waals surface area contributed by atoms with Crippen LogP contribution in [0.25, 0.3) is 10.8 Å². The number of aryl methyl sites for hydroxylation is 1. The molecule has 0 fully saturated rings. The summed E-state index contributed by atoms with van der Waals surface area (Å²) in [7, 11) is 1.83. The van der Waals surface area contributed by atoms with Crippen molar-refractivity contribution in [3.8, 4) is 0 Å². The fraction of sp³-hybridized carbons (Fsp3) is 0.263. The molecule has 2 aromatic carbocycles. The van der Waals surface area contributed by atoms with Gasteiger partial charge >= 0.3 is 6.03 Å². The quantitative estimate of drug-likeness (QED) is 0.669. The van der Waals surface area contributed by atoms with Gasteiger partial charge in [0.15, 0.2) is 0 Å². The van der Waals surface area contributed by atoms with Crippen molar-refractivity contribution >= 4 is 16.8 Å². The monoisotopic (exact) mass is 338 g/mol. The second-order valence-corrected chi connectivity index (χ2v) is 6.15. The van der Waals surface area contributed by atoms with Gasteiger partial charge < -0.3 is 15.7 Å². The Kier molecular flexibility index (Phi) is 5.00. The highest BCUT2D eigenvalue weighted by atomic mass is 16.3. The number of aliphatic hydroxyl groups excluding tert-OH is 1. The number of hydrogen-bond donors (Lipinski definition) is 3. The molecule has 0 saturated carbocycles. The summed E-state index contributed by atoms with van der Waals surface area (Å²) in [6.07, 6.45) is 2.81. The first-order chi connectivity index (χ1) is 12.0. The smallest absolute Gasteiger partial charge is 0.315 e. The van der Waals surface area contributed by atoms with E-state index in [0.717, 1.165) is 21.9 Å². The molecule has 25 heavy (non-hydrogen) atoms. The molecule has 0 spiro atoms. The van der Waals surface area contributed by atoms with Crippen LogP contribution in [0, 0.1) is 0 Å². The second kappa shape index (κ2) is 7.36. The highest BCUT2D eigenvalue weighted by molar-refractivity contribution is 5.83. The Labute approximate surface area is 146 Å². The van der Waals surface area contributed by atoms with E-state index in [4.69, 9.17) is 0 Å².